The van der Waals surface area contributed by atoms with Crippen molar-refractivity contribution < 1.29 is 14.4 Å². The van der Waals surface area contributed by atoms with E-state index in [1.807, 2.05) is 25.1 Å². The molecule has 0 radical (unpaired) electrons. The number of aryl methyl sites for hydroxylation is 1. The number of fused-ring (bicyclic) bond motifs is 1. The summed E-state index contributed by atoms with van der Waals surface area (Å²) in [5, 5.41) is 2.61. The van der Waals surface area contributed by atoms with Gasteiger partial charge in [-0.3, -0.25) is 14.4 Å². The van der Waals surface area contributed by atoms with Crippen LogP contribution in [-0.2, 0) is 14.4 Å². The minimum Gasteiger partial charge on any atom is -0.383 e. The number of hydrogen-bond acceptors (Lipinski definition) is 7. The van der Waals surface area contributed by atoms with E-state index in [9.17, 15) is 14.4 Å². The predicted octanol–water partition coefficient (Wildman–Crippen LogP) is 2.34. The molecule has 9 nitrogen and oxygen atoms in total. The maximum absolute atomic E-state index is 13.2. The number of carbonyl (C=O) groups excluding carboxylic acids is 3. The first-order valence-corrected chi connectivity index (χ1v) is 11.1. The van der Waals surface area contributed by atoms with E-state index in [0.29, 0.717) is 23.6 Å². The minimum atomic E-state index is -0.765. The molecule has 1 aliphatic rings. The van der Waals surface area contributed by atoms with Crippen LogP contribution in [-0.4, -0.2) is 56.6 Å². The number of thiazole rings is 1. The van der Waals surface area contributed by atoms with Crippen molar-refractivity contribution in [3.8, 4) is 0 Å². The van der Waals surface area contributed by atoms with Crippen molar-refractivity contribution in [3.05, 3.63) is 47.1 Å². The van der Waals surface area contributed by atoms with Gasteiger partial charge in [-0.25, -0.2) is 9.97 Å². The van der Waals surface area contributed by atoms with Crippen molar-refractivity contribution in [3.63, 3.8) is 0 Å². The number of benzene rings is 1. The summed E-state index contributed by atoms with van der Waals surface area (Å²) in [5.41, 5.74) is 10.2. The van der Waals surface area contributed by atoms with Gasteiger partial charge in [0.05, 0.1) is 33.7 Å². The van der Waals surface area contributed by atoms with Gasteiger partial charge in [0, 0.05) is 26.1 Å². The summed E-state index contributed by atoms with van der Waals surface area (Å²) >= 11 is 1.53. The highest BCUT2D eigenvalue weighted by Crippen LogP contribution is 2.31. The van der Waals surface area contributed by atoms with Gasteiger partial charge in [-0.2, -0.15) is 0 Å². The minimum absolute atomic E-state index is 0.0720. The maximum atomic E-state index is 13.2. The fourth-order valence-electron chi connectivity index (χ4n) is 3.97. The highest BCUT2D eigenvalue weighted by Gasteiger charge is 2.38. The van der Waals surface area contributed by atoms with Gasteiger partial charge in [-0.05, 0) is 43.2 Å². The lowest BCUT2D eigenvalue weighted by atomic mass is 9.99. The number of hydrogen-bond donors (Lipinski definition) is 2. The summed E-state index contributed by atoms with van der Waals surface area (Å²) in [4.78, 5) is 49.9. The maximum Gasteiger partial charge on any atom is 0.313 e. The molecule has 10 heteroatoms. The van der Waals surface area contributed by atoms with E-state index in [2.05, 4.69) is 15.3 Å². The number of nitrogens with two attached hydrogens (primary N) is 1. The van der Waals surface area contributed by atoms with Gasteiger partial charge >= 0.3 is 11.8 Å². The standard InChI is InChI=1S/C22H24N6O3S/c1-12-6-16(8-24-20(12)23)26-21(30)22(31)28-9-13(2)27(14(3)29)10-18(28)15-4-5-19-17(7-15)25-11-32-19/h4-8,11,13,18H,9-10H2,1-3H3,(H2,23,24)(H,26,30)/t13-,18-/m1/s1. The van der Waals surface area contributed by atoms with E-state index in [1.54, 1.807) is 23.4 Å². The molecule has 1 aliphatic heterocycles. The molecule has 2 aromatic heterocycles. The molecular formula is C22H24N6O3S. The molecule has 1 saturated heterocycles. The molecule has 4 rings (SSSR count). The summed E-state index contributed by atoms with van der Waals surface area (Å²) in [6.07, 6.45) is 1.41. The molecule has 0 saturated carbocycles. The Morgan fingerprint density at radius 3 is 2.66 bits per heavy atom. The van der Waals surface area contributed by atoms with Crippen molar-refractivity contribution in [2.75, 3.05) is 24.1 Å². The first-order valence-electron chi connectivity index (χ1n) is 10.2. The smallest absolute Gasteiger partial charge is 0.313 e. The van der Waals surface area contributed by atoms with Crippen LogP contribution in [0.1, 0.15) is 31.0 Å². The Morgan fingerprint density at radius 2 is 1.94 bits per heavy atom. The predicted molar refractivity (Wildman–Crippen MR) is 123 cm³/mol. The normalized spacial score (nSPS) is 18.6. The lowest BCUT2D eigenvalue weighted by Gasteiger charge is -2.44. The Morgan fingerprint density at radius 1 is 1.16 bits per heavy atom. The second kappa shape index (κ2) is 8.54. The fraction of sp³-hybridized carbons (Fsp3) is 0.318. The summed E-state index contributed by atoms with van der Waals surface area (Å²) in [6, 6.07) is 6.76. The topological polar surface area (TPSA) is 122 Å². The van der Waals surface area contributed by atoms with Gasteiger partial charge in [-0.1, -0.05) is 6.07 Å². The molecule has 0 spiro atoms. The molecule has 166 valence electrons. The quantitative estimate of drug-likeness (QED) is 0.576. The third kappa shape index (κ3) is 4.13. The first-order chi connectivity index (χ1) is 15.2. The molecule has 1 aromatic carbocycles. The number of amides is 3. The van der Waals surface area contributed by atoms with Crippen molar-refractivity contribution in [1.82, 2.24) is 19.8 Å². The van der Waals surface area contributed by atoms with Gasteiger partial charge in [-0.15, -0.1) is 11.3 Å². The van der Waals surface area contributed by atoms with Crippen molar-refractivity contribution in [2.24, 2.45) is 0 Å². The number of piperazine rings is 1. The molecule has 1 fully saturated rings. The van der Waals surface area contributed by atoms with E-state index < -0.39 is 17.9 Å². The van der Waals surface area contributed by atoms with E-state index >= 15 is 0 Å². The van der Waals surface area contributed by atoms with Crippen LogP contribution in [0.15, 0.2) is 36.0 Å². The molecule has 3 aromatic rings. The zero-order valence-corrected chi connectivity index (χ0v) is 18.8. The zero-order chi connectivity index (χ0) is 23.0. The van der Waals surface area contributed by atoms with Gasteiger partial charge in [0.25, 0.3) is 0 Å². The lowest BCUT2D eigenvalue weighted by molar-refractivity contribution is -0.151. The molecule has 0 unspecified atom stereocenters. The lowest BCUT2D eigenvalue weighted by Crippen LogP contribution is -2.58. The van der Waals surface area contributed by atoms with E-state index in [4.69, 9.17) is 5.73 Å². The van der Waals surface area contributed by atoms with Crippen LogP contribution in [0.3, 0.4) is 0 Å². The highest BCUT2D eigenvalue weighted by molar-refractivity contribution is 7.16. The number of nitrogen functional groups attached to an aromatic ring is 1. The average Bonchev–Trinajstić information content (AvgIpc) is 3.23. The fourth-order valence-corrected chi connectivity index (χ4v) is 4.63. The Balaban J connectivity index is 1.63. The SMILES string of the molecule is CC(=O)N1C[C@H](c2ccc3scnc3c2)N(C(=O)C(=O)Nc2cnc(N)c(C)c2)C[C@H]1C. The third-order valence-corrected chi connectivity index (χ3v) is 6.52. The Labute approximate surface area is 189 Å². The summed E-state index contributed by atoms with van der Waals surface area (Å²) < 4.78 is 1.03. The summed E-state index contributed by atoms with van der Waals surface area (Å²) in [6.45, 7) is 5.69. The van der Waals surface area contributed by atoms with Gasteiger partial charge < -0.3 is 20.9 Å². The van der Waals surface area contributed by atoms with Gasteiger partial charge in [0.1, 0.15) is 5.82 Å². The molecular weight excluding hydrogens is 428 g/mol. The van der Waals surface area contributed by atoms with Crippen LogP contribution in [0.2, 0.25) is 0 Å². The molecule has 3 heterocycles. The first kappa shape index (κ1) is 21.7. The highest BCUT2D eigenvalue weighted by atomic mass is 32.1. The van der Waals surface area contributed by atoms with Crippen LogP contribution < -0.4 is 11.1 Å². The Hall–Kier alpha value is -3.53. The number of nitrogens with zero attached hydrogens (tertiary/aromatic N) is 4. The number of aromatic nitrogens is 2. The van der Waals surface area contributed by atoms with Crippen molar-refractivity contribution in [2.45, 2.75) is 32.9 Å². The zero-order valence-electron chi connectivity index (χ0n) is 18.0. The van der Waals surface area contributed by atoms with Crippen LogP contribution >= 0.6 is 11.3 Å². The molecule has 3 amide bonds. The number of rotatable bonds is 2. The number of anilines is 2. The van der Waals surface area contributed by atoms with E-state index in [-0.39, 0.29) is 18.5 Å². The van der Waals surface area contributed by atoms with Gasteiger partial charge in [0.2, 0.25) is 5.91 Å². The third-order valence-electron chi connectivity index (χ3n) is 5.71. The second-order valence-corrected chi connectivity index (χ2v) is 8.84. The van der Waals surface area contributed by atoms with Crippen molar-refractivity contribution >= 4 is 50.8 Å². The summed E-state index contributed by atoms with van der Waals surface area (Å²) in [5.74, 6) is -1.14. The monoisotopic (exact) mass is 452 g/mol. The average molecular weight is 453 g/mol. The second-order valence-electron chi connectivity index (χ2n) is 7.95. The number of nitrogens with one attached hydrogen (secondary N) is 1. The number of carbonyl (C=O) groups is 3. The molecule has 2 atom stereocenters. The molecule has 32 heavy (non-hydrogen) atoms. The molecule has 3 N–H and O–H groups in total. The summed E-state index contributed by atoms with van der Waals surface area (Å²) in [7, 11) is 0. The van der Waals surface area contributed by atoms with Crippen molar-refractivity contribution in [1.29, 1.82) is 0 Å². The Kier molecular flexibility index (Phi) is 5.79. The van der Waals surface area contributed by atoms with Crippen LogP contribution in [0, 0.1) is 6.92 Å². The van der Waals surface area contributed by atoms with Crippen LogP contribution in [0.25, 0.3) is 10.2 Å². The van der Waals surface area contributed by atoms with Gasteiger partial charge in [0.15, 0.2) is 0 Å². The number of pyridine rings is 1. The molecule has 0 aliphatic carbocycles. The Bertz CT molecular complexity index is 1210. The largest absolute Gasteiger partial charge is 0.383 e. The molecule has 0 bridgehead atoms. The van der Waals surface area contributed by atoms with Crippen LogP contribution in [0.4, 0.5) is 11.5 Å². The van der Waals surface area contributed by atoms with E-state index in [1.165, 1.54) is 29.4 Å². The van der Waals surface area contributed by atoms with Crippen LogP contribution in [0.5, 0.6) is 0 Å². The van der Waals surface area contributed by atoms with E-state index in [0.717, 1.165) is 15.8 Å².